The highest BCUT2D eigenvalue weighted by Crippen LogP contribution is 2.45. The predicted molar refractivity (Wildman–Crippen MR) is 77.3 cm³/mol. The van der Waals surface area contributed by atoms with Crippen LogP contribution in [0.4, 0.5) is 0 Å². The third-order valence-electron chi connectivity index (χ3n) is 4.88. The third-order valence-corrected chi connectivity index (χ3v) is 4.88. The summed E-state index contributed by atoms with van der Waals surface area (Å²) in [7, 11) is 0. The fourth-order valence-corrected chi connectivity index (χ4v) is 3.89. The molecule has 2 unspecified atom stereocenters. The summed E-state index contributed by atoms with van der Waals surface area (Å²) >= 11 is 0. The fourth-order valence-electron chi connectivity index (χ4n) is 3.89. The zero-order valence-corrected chi connectivity index (χ0v) is 12.4. The monoisotopic (exact) mass is 278 g/mol. The number of H-pyrrole nitrogens is 1. The molecule has 1 aromatic heterocycles. The van der Waals surface area contributed by atoms with E-state index in [0.717, 1.165) is 31.7 Å². The number of nitrogens with zero attached hydrogens (tertiary/aromatic N) is 2. The van der Waals surface area contributed by atoms with Gasteiger partial charge in [0.05, 0.1) is 23.5 Å². The highest BCUT2D eigenvalue weighted by Gasteiger charge is 2.42. The molecule has 1 aliphatic heterocycles. The quantitative estimate of drug-likeness (QED) is 0.869. The van der Waals surface area contributed by atoms with Crippen molar-refractivity contribution in [1.82, 2.24) is 20.7 Å². The standard InChI is InChI=1S/C15H26N4O/c1-2-8-16-14(13-11-17-19-18-13)12-5-9-20-15(10-12)6-3-4-7-15/h11-12,14,16H,2-10H2,1H3,(H,17,18,19). The molecular weight excluding hydrogens is 252 g/mol. The van der Waals surface area contributed by atoms with Crippen molar-refractivity contribution in [3.63, 3.8) is 0 Å². The molecule has 0 aromatic carbocycles. The third kappa shape index (κ3) is 2.88. The lowest BCUT2D eigenvalue weighted by Crippen LogP contribution is -2.42. The Morgan fingerprint density at radius 2 is 2.35 bits per heavy atom. The van der Waals surface area contributed by atoms with Crippen LogP contribution in [0.3, 0.4) is 0 Å². The van der Waals surface area contributed by atoms with Crippen molar-refractivity contribution in [2.75, 3.05) is 13.2 Å². The van der Waals surface area contributed by atoms with E-state index < -0.39 is 0 Å². The van der Waals surface area contributed by atoms with Crippen LogP contribution >= 0.6 is 0 Å². The summed E-state index contributed by atoms with van der Waals surface area (Å²) in [6, 6.07) is 0.315. The largest absolute Gasteiger partial charge is 0.375 e. The molecule has 1 aromatic rings. The van der Waals surface area contributed by atoms with E-state index in [-0.39, 0.29) is 5.60 Å². The van der Waals surface area contributed by atoms with Crippen molar-refractivity contribution in [2.45, 2.75) is 63.5 Å². The summed E-state index contributed by atoms with van der Waals surface area (Å²) in [4.78, 5) is 0. The summed E-state index contributed by atoms with van der Waals surface area (Å²) in [5.41, 5.74) is 1.22. The lowest BCUT2D eigenvalue weighted by Gasteiger charge is -2.41. The molecule has 2 heterocycles. The van der Waals surface area contributed by atoms with E-state index in [1.165, 1.54) is 32.1 Å². The maximum Gasteiger partial charge on any atom is 0.0996 e. The molecule has 0 bridgehead atoms. The molecule has 112 valence electrons. The van der Waals surface area contributed by atoms with E-state index in [1.54, 1.807) is 0 Å². The Hall–Kier alpha value is -0.940. The normalized spacial score (nSPS) is 26.9. The predicted octanol–water partition coefficient (Wildman–Crippen LogP) is 2.58. The highest BCUT2D eigenvalue weighted by molar-refractivity contribution is 5.05. The van der Waals surface area contributed by atoms with Gasteiger partial charge < -0.3 is 10.1 Å². The number of aromatic amines is 1. The Balaban J connectivity index is 1.72. The maximum atomic E-state index is 6.16. The first kappa shape index (κ1) is 14.0. The second-order valence-corrected chi connectivity index (χ2v) is 6.32. The van der Waals surface area contributed by atoms with Crippen molar-refractivity contribution in [2.24, 2.45) is 5.92 Å². The molecule has 5 nitrogen and oxygen atoms in total. The van der Waals surface area contributed by atoms with E-state index in [9.17, 15) is 0 Å². The van der Waals surface area contributed by atoms with Gasteiger partial charge in [0, 0.05) is 6.61 Å². The first-order valence-electron chi connectivity index (χ1n) is 8.06. The Kier molecular flexibility index (Phi) is 4.36. The van der Waals surface area contributed by atoms with E-state index in [2.05, 4.69) is 27.7 Å². The number of rotatable bonds is 5. The molecule has 2 atom stereocenters. The molecule has 20 heavy (non-hydrogen) atoms. The van der Waals surface area contributed by atoms with E-state index in [4.69, 9.17) is 4.74 Å². The number of aromatic nitrogens is 3. The van der Waals surface area contributed by atoms with Gasteiger partial charge in [0.2, 0.25) is 0 Å². The van der Waals surface area contributed by atoms with Gasteiger partial charge in [0.15, 0.2) is 0 Å². The van der Waals surface area contributed by atoms with Crippen LogP contribution in [0.15, 0.2) is 6.20 Å². The van der Waals surface area contributed by atoms with Crippen LogP contribution in [-0.2, 0) is 4.74 Å². The molecule has 1 saturated carbocycles. The van der Waals surface area contributed by atoms with Gasteiger partial charge in [-0.1, -0.05) is 19.8 Å². The first-order chi connectivity index (χ1) is 9.83. The fraction of sp³-hybridized carbons (Fsp3) is 0.867. The highest BCUT2D eigenvalue weighted by atomic mass is 16.5. The minimum absolute atomic E-state index is 0.165. The molecule has 1 aliphatic carbocycles. The number of nitrogens with one attached hydrogen (secondary N) is 2. The second-order valence-electron chi connectivity index (χ2n) is 6.32. The van der Waals surface area contributed by atoms with Crippen LogP contribution in [0.1, 0.15) is 63.6 Å². The van der Waals surface area contributed by atoms with Gasteiger partial charge in [-0.15, -0.1) is 0 Å². The topological polar surface area (TPSA) is 62.8 Å². The van der Waals surface area contributed by atoms with Crippen LogP contribution in [0.25, 0.3) is 0 Å². The van der Waals surface area contributed by atoms with Crippen molar-refractivity contribution in [3.05, 3.63) is 11.9 Å². The molecule has 2 fully saturated rings. The molecule has 5 heteroatoms. The van der Waals surface area contributed by atoms with Crippen LogP contribution in [0, 0.1) is 5.92 Å². The van der Waals surface area contributed by atoms with Crippen molar-refractivity contribution in [3.8, 4) is 0 Å². The van der Waals surface area contributed by atoms with Crippen LogP contribution in [0.5, 0.6) is 0 Å². The van der Waals surface area contributed by atoms with Crippen LogP contribution < -0.4 is 5.32 Å². The molecular formula is C15H26N4O. The van der Waals surface area contributed by atoms with E-state index >= 15 is 0 Å². The van der Waals surface area contributed by atoms with Crippen LogP contribution in [-0.4, -0.2) is 34.2 Å². The summed E-state index contributed by atoms with van der Waals surface area (Å²) in [6.07, 6.45) is 10.4. The van der Waals surface area contributed by atoms with Gasteiger partial charge in [0.25, 0.3) is 0 Å². The van der Waals surface area contributed by atoms with E-state index in [1.807, 2.05) is 6.20 Å². The Morgan fingerprint density at radius 1 is 1.50 bits per heavy atom. The maximum absolute atomic E-state index is 6.16. The van der Waals surface area contributed by atoms with Gasteiger partial charge >= 0.3 is 0 Å². The van der Waals surface area contributed by atoms with Gasteiger partial charge in [-0.25, -0.2) is 0 Å². The Morgan fingerprint density at radius 3 is 3.05 bits per heavy atom. The number of hydrogen-bond donors (Lipinski definition) is 2. The SMILES string of the molecule is CCCNC(c1cn[nH]n1)C1CCOC2(CCCC2)C1. The first-order valence-corrected chi connectivity index (χ1v) is 8.06. The lowest BCUT2D eigenvalue weighted by atomic mass is 9.79. The average Bonchev–Trinajstić information content (AvgIpc) is 3.12. The molecule has 1 spiro atoms. The average molecular weight is 278 g/mol. The summed E-state index contributed by atoms with van der Waals surface area (Å²) in [6.45, 7) is 4.13. The molecule has 0 amide bonds. The van der Waals surface area contributed by atoms with Gasteiger partial charge in [-0.3, -0.25) is 0 Å². The summed E-state index contributed by atoms with van der Waals surface area (Å²) in [5.74, 6) is 0.610. The van der Waals surface area contributed by atoms with Crippen molar-refractivity contribution >= 4 is 0 Å². The summed E-state index contributed by atoms with van der Waals surface area (Å²) in [5, 5.41) is 14.7. The smallest absolute Gasteiger partial charge is 0.0996 e. The Labute approximate surface area is 120 Å². The van der Waals surface area contributed by atoms with Crippen molar-refractivity contribution < 1.29 is 4.74 Å². The molecule has 1 saturated heterocycles. The van der Waals surface area contributed by atoms with Gasteiger partial charge in [-0.2, -0.15) is 15.4 Å². The Bertz CT molecular complexity index is 400. The zero-order valence-electron chi connectivity index (χ0n) is 12.4. The minimum Gasteiger partial charge on any atom is -0.375 e. The van der Waals surface area contributed by atoms with Gasteiger partial charge in [-0.05, 0) is 44.6 Å². The molecule has 3 rings (SSSR count). The van der Waals surface area contributed by atoms with Crippen LogP contribution in [0.2, 0.25) is 0 Å². The lowest BCUT2D eigenvalue weighted by molar-refractivity contribution is -0.0984. The van der Waals surface area contributed by atoms with E-state index in [0.29, 0.717) is 12.0 Å². The molecule has 2 N–H and O–H groups in total. The number of hydrogen-bond acceptors (Lipinski definition) is 4. The summed E-state index contributed by atoms with van der Waals surface area (Å²) < 4.78 is 6.16. The second kappa shape index (κ2) is 6.22. The number of ether oxygens (including phenoxy) is 1. The zero-order chi connectivity index (χ0) is 13.8. The minimum atomic E-state index is 0.165. The van der Waals surface area contributed by atoms with Gasteiger partial charge in [0.1, 0.15) is 0 Å². The molecule has 0 radical (unpaired) electrons. The van der Waals surface area contributed by atoms with Crippen molar-refractivity contribution in [1.29, 1.82) is 0 Å². The molecule has 2 aliphatic rings.